The fourth-order valence-electron chi connectivity index (χ4n) is 3.42. The summed E-state index contributed by atoms with van der Waals surface area (Å²) >= 11 is 1.64. The van der Waals surface area contributed by atoms with Gasteiger partial charge in [0.25, 0.3) is 0 Å². The Kier molecular flexibility index (Phi) is 4.99. The van der Waals surface area contributed by atoms with Crippen LogP contribution in [0, 0.1) is 0 Å². The molecule has 1 aliphatic rings. The van der Waals surface area contributed by atoms with E-state index < -0.39 is 0 Å². The first kappa shape index (κ1) is 17.2. The molecule has 136 valence electrons. The Bertz CT molecular complexity index is 921. The highest BCUT2D eigenvalue weighted by Gasteiger charge is 2.25. The van der Waals surface area contributed by atoms with E-state index in [1.165, 1.54) is 0 Å². The maximum atomic E-state index is 13.1. The zero-order valence-corrected chi connectivity index (χ0v) is 15.7. The van der Waals surface area contributed by atoms with Crippen molar-refractivity contribution in [1.82, 2.24) is 24.6 Å². The number of piperidine rings is 1. The summed E-state index contributed by atoms with van der Waals surface area (Å²) in [6.07, 6.45) is 3.07. The number of nitrogens with zero attached hydrogens (tertiary/aromatic N) is 4. The van der Waals surface area contributed by atoms with Crippen LogP contribution in [-0.4, -0.2) is 32.4 Å². The molecule has 0 bridgehead atoms. The predicted octanol–water partition coefficient (Wildman–Crippen LogP) is 2.57. The van der Waals surface area contributed by atoms with Crippen LogP contribution in [0.2, 0.25) is 0 Å². The fourth-order valence-corrected chi connectivity index (χ4v) is 4.16. The van der Waals surface area contributed by atoms with Crippen molar-refractivity contribution < 1.29 is 0 Å². The summed E-state index contributed by atoms with van der Waals surface area (Å²) in [6.45, 7) is 4.40. The molecule has 1 fully saturated rings. The Morgan fingerprint density at radius 3 is 2.85 bits per heavy atom. The van der Waals surface area contributed by atoms with Crippen LogP contribution < -0.4 is 11.0 Å². The van der Waals surface area contributed by atoms with Crippen LogP contribution in [0.3, 0.4) is 0 Å². The molecule has 1 aliphatic heterocycles. The van der Waals surface area contributed by atoms with E-state index in [0.29, 0.717) is 6.54 Å². The van der Waals surface area contributed by atoms with Crippen molar-refractivity contribution >= 4 is 11.3 Å². The molecule has 0 amide bonds. The summed E-state index contributed by atoms with van der Waals surface area (Å²) in [5, 5.41) is 11.3. The number of aryl methyl sites for hydroxylation is 1. The molecule has 7 heteroatoms. The van der Waals surface area contributed by atoms with Crippen LogP contribution in [0.4, 0.5) is 0 Å². The van der Waals surface area contributed by atoms with Crippen LogP contribution >= 0.6 is 11.3 Å². The number of hydrogen-bond acceptors (Lipinski definition) is 5. The molecule has 1 atom stereocenters. The van der Waals surface area contributed by atoms with Crippen molar-refractivity contribution in [2.45, 2.75) is 38.6 Å². The van der Waals surface area contributed by atoms with Gasteiger partial charge in [0.15, 0.2) is 0 Å². The summed E-state index contributed by atoms with van der Waals surface area (Å²) in [5.74, 6) is 1.10. The molecule has 1 aromatic carbocycles. The molecule has 2 aromatic heterocycles. The Hall–Kier alpha value is -2.25. The highest BCUT2D eigenvalue weighted by Crippen LogP contribution is 2.23. The first-order chi connectivity index (χ1) is 12.8. The number of benzene rings is 1. The van der Waals surface area contributed by atoms with Crippen molar-refractivity contribution in [2.24, 2.45) is 0 Å². The van der Waals surface area contributed by atoms with E-state index in [0.717, 1.165) is 54.6 Å². The average Bonchev–Trinajstić information content (AvgIpc) is 3.28. The van der Waals surface area contributed by atoms with Crippen molar-refractivity contribution in [3.63, 3.8) is 0 Å². The zero-order chi connectivity index (χ0) is 17.9. The van der Waals surface area contributed by atoms with Gasteiger partial charge in [-0.2, -0.15) is 5.10 Å². The molecule has 0 saturated carbocycles. The zero-order valence-electron chi connectivity index (χ0n) is 14.9. The molecule has 1 N–H and O–H groups in total. The topological polar surface area (TPSA) is 64.7 Å². The van der Waals surface area contributed by atoms with Gasteiger partial charge in [-0.25, -0.2) is 19.0 Å². The van der Waals surface area contributed by atoms with E-state index in [9.17, 15) is 4.79 Å². The first-order valence-corrected chi connectivity index (χ1v) is 10.0. The molecule has 3 aromatic rings. The molecule has 1 saturated heterocycles. The van der Waals surface area contributed by atoms with Gasteiger partial charge in [0.1, 0.15) is 5.82 Å². The van der Waals surface area contributed by atoms with Gasteiger partial charge in [0.2, 0.25) is 0 Å². The molecule has 0 unspecified atom stereocenters. The van der Waals surface area contributed by atoms with E-state index in [2.05, 4.69) is 17.2 Å². The van der Waals surface area contributed by atoms with Gasteiger partial charge in [0, 0.05) is 17.8 Å². The summed E-state index contributed by atoms with van der Waals surface area (Å²) in [7, 11) is 0. The predicted molar refractivity (Wildman–Crippen MR) is 103 cm³/mol. The Balaban J connectivity index is 1.75. The van der Waals surface area contributed by atoms with E-state index in [4.69, 9.17) is 5.10 Å². The number of aromatic nitrogens is 4. The molecule has 0 spiro atoms. The molecular formula is C19H23N5OS. The van der Waals surface area contributed by atoms with Gasteiger partial charge in [-0.05, 0) is 37.9 Å². The Morgan fingerprint density at radius 2 is 2.15 bits per heavy atom. The third-order valence-electron chi connectivity index (χ3n) is 4.75. The van der Waals surface area contributed by atoms with Gasteiger partial charge in [-0.15, -0.1) is 11.3 Å². The van der Waals surface area contributed by atoms with Crippen molar-refractivity contribution in [3.8, 4) is 5.69 Å². The summed E-state index contributed by atoms with van der Waals surface area (Å²) in [4.78, 5) is 17.7. The number of nitrogens with one attached hydrogen (secondary N) is 1. The largest absolute Gasteiger partial charge is 0.350 e. The highest BCUT2D eigenvalue weighted by molar-refractivity contribution is 7.09. The van der Waals surface area contributed by atoms with Crippen LogP contribution in [0.25, 0.3) is 5.69 Å². The number of thiazole rings is 1. The van der Waals surface area contributed by atoms with Crippen molar-refractivity contribution in [1.29, 1.82) is 0 Å². The van der Waals surface area contributed by atoms with Gasteiger partial charge >= 0.3 is 5.69 Å². The monoisotopic (exact) mass is 369 g/mol. The first-order valence-electron chi connectivity index (χ1n) is 9.15. The minimum Gasteiger partial charge on any atom is -0.316 e. The Labute approximate surface area is 156 Å². The number of para-hydroxylation sites is 1. The molecular weight excluding hydrogens is 346 g/mol. The molecule has 4 rings (SSSR count). The molecule has 6 nitrogen and oxygen atoms in total. The van der Waals surface area contributed by atoms with Gasteiger partial charge < -0.3 is 5.32 Å². The van der Waals surface area contributed by atoms with E-state index in [1.54, 1.807) is 20.6 Å². The highest BCUT2D eigenvalue weighted by atomic mass is 32.1. The minimum absolute atomic E-state index is 0.0946. The number of hydrogen-bond donors (Lipinski definition) is 1. The van der Waals surface area contributed by atoms with Crippen LogP contribution in [0.1, 0.15) is 42.2 Å². The second-order valence-electron chi connectivity index (χ2n) is 6.60. The average molecular weight is 369 g/mol. The maximum Gasteiger partial charge on any atom is 0.350 e. The van der Waals surface area contributed by atoms with Crippen molar-refractivity contribution in [3.05, 3.63) is 62.7 Å². The summed E-state index contributed by atoms with van der Waals surface area (Å²) in [6, 6.07) is 9.80. The second kappa shape index (κ2) is 7.55. The molecule has 3 heterocycles. The van der Waals surface area contributed by atoms with Gasteiger partial charge in [-0.3, -0.25) is 0 Å². The molecule has 0 radical (unpaired) electrons. The lowest BCUT2D eigenvalue weighted by Crippen LogP contribution is -2.31. The normalized spacial score (nSPS) is 17.5. The van der Waals surface area contributed by atoms with E-state index in [-0.39, 0.29) is 11.6 Å². The summed E-state index contributed by atoms with van der Waals surface area (Å²) in [5.41, 5.74) is 1.68. The van der Waals surface area contributed by atoms with Crippen molar-refractivity contribution in [2.75, 3.05) is 13.1 Å². The standard InChI is InChI=1S/C19H23N5OS/c1-2-17-21-15(13-26-17)12-23-19(25)24(16-8-4-3-5-9-16)18(22-23)14-7-6-10-20-11-14/h3-5,8-9,13-14,20H,2,6-7,10-12H2,1H3/t14-/m1/s1. The molecule has 0 aliphatic carbocycles. The lowest BCUT2D eigenvalue weighted by molar-refractivity contribution is 0.439. The maximum absolute atomic E-state index is 13.1. The van der Waals surface area contributed by atoms with E-state index >= 15 is 0 Å². The quantitative estimate of drug-likeness (QED) is 0.751. The third kappa shape index (κ3) is 3.37. The second-order valence-corrected chi connectivity index (χ2v) is 7.54. The minimum atomic E-state index is -0.0946. The van der Waals surface area contributed by atoms with Crippen LogP contribution in [0.15, 0.2) is 40.5 Å². The lowest BCUT2D eigenvalue weighted by atomic mass is 9.99. The lowest BCUT2D eigenvalue weighted by Gasteiger charge is -2.22. The number of rotatable bonds is 5. The molecule has 26 heavy (non-hydrogen) atoms. The fraction of sp³-hybridized carbons (Fsp3) is 0.421. The van der Waals surface area contributed by atoms with Gasteiger partial charge in [-0.1, -0.05) is 25.1 Å². The van der Waals surface area contributed by atoms with E-state index in [1.807, 2.05) is 35.7 Å². The summed E-state index contributed by atoms with van der Waals surface area (Å²) < 4.78 is 3.33. The smallest absolute Gasteiger partial charge is 0.316 e. The van der Waals surface area contributed by atoms with Gasteiger partial charge in [0.05, 0.1) is 22.9 Å². The SMILES string of the molecule is CCc1nc(Cn2nc([C@@H]3CCCNC3)n(-c3ccccc3)c2=O)cs1. The van der Waals surface area contributed by atoms with Crippen LogP contribution in [0.5, 0.6) is 0 Å². The Morgan fingerprint density at radius 1 is 1.31 bits per heavy atom. The van der Waals surface area contributed by atoms with Crippen LogP contribution in [-0.2, 0) is 13.0 Å². The third-order valence-corrected chi connectivity index (χ3v) is 5.80.